The van der Waals surface area contributed by atoms with Gasteiger partial charge in [-0.3, -0.25) is 0 Å². The SMILES string of the molecule is N#C[C@H]1CC[C@H]([C@H]2CC[C@H](C/C=C/C(=O)O)CC2)CC1. The molecule has 2 aliphatic rings. The number of carbonyl (C=O) groups is 1. The highest BCUT2D eigenvalue weighted by molar-refractivity contribution is 5.79. The molecule has 0 bridgehead atoms. The van der Waals surface area contributed by atoms with Crippen LogP contribution in [0.25, 0.3) is 0 Å². The predicted molar refractivity (Wildman–Crippen MR) is 77.9 cm³/mol. The van der Waals surface area contributed by atoms with E-state index in [2.05, 4.69) is 6.07 Å². The van der Waals surface area contributed by atoms with E-state index in [4.69, 9.17) is 10.4 Å². The average molecular weight is 275 g/mol. The van der Waals surface area contributed by atoms with Crippen LogP contribution in [0, 0.1) is 35.0 Å². The zero-order chi connectivity index (χ0) is 14.4. The summed E-state index contributed by atoms with van der Waals surface area (Å²) in [4.78, 5) is 10.4. The molecule has 110 valence electrons. The minimum atomic E-state index is -0.840. The first-order valence-electron chi connectivity index (χ1n) is 7.98. The zero-order valence-corrected chi connectivity index (χ0v) is 12.1. The smallest absolute Gasteiger partial charge is 0.327 e. The van der Waals surface area contributed by atoms with Gasteiger partial charge in [0, 0.05) is 12.0 Å². The Balaban J connectivity index is 1.69. The van der Waals surface area contributed by atoms with Gasteiger partial charge in [-0.15, -0.1) is 0 Å². The van der Waals surface area contributed by atoms with Crippen molar-refractivity contribution in [2.75, 3.05) is 0 Å². The number of nitrogens with zero attached hydrogens (tertiary/aromatic N) is 1. The van der Waals surface area contributed by atoms with Crippen LogP contribution in [0.15, 0.2) is 12.2 Å². The summed E-state index contributed by atoms with van der Waals surface area (Å²) in [5.74, 6) is 1.85. The molecule has 3 heteroatoms. The van der Waals surface area contributed by atoms with Crippen LogP contribution in [-0.4, -0.2) is 11.1 Å². The Morgan fingerprint density at radius 1 is 1.05 bits per heavy atom. The van der Waals surface area contributed by atoms with E-state index in [1.807, 2.05) is 6.08 Å². The first-order valence-corrected chi connectivity index (χ1v) is 7.98. The number of hydrogen-bond acceptors (Lipinski definition) is 2. The van der Waals surface area contributed by atoms with Crippen LogP contribution in [0.4, 0.5) is 0 Å². The van der Waals surface area contributed by atoms with Crippen LogP contribution in [0.3, 0.4) is 0 Å². The molecule has 0 aromatic rings. The summed E-state index contributed by atoms with van der Waals surface area (Å²) >= 11 is 0. The molecule has 2 saturated carbocycles. The monoisotopic (exact) mass is 275 g/mol. The second-order valence-corrected chi connectivity index (χ2v) is 6.50. The lowest BCUT2D eigenvalue weighted by molar-refractivity contribution is -0.131. The normalized spacial score (nSPS) is 34.8. The number of rotatable bonds is 4. The second kappa shape index (κ2) is 7.47. The van der Waals surface area contributed by atoms with Gasteiger partial charge in [-0.2, -0.15) is 5.26 Å². The summed E-state index contributed by atoms with van der Waals surface area (Å²) in [5, 5.41) is 17.5. The van der Waals surface area contributed by atoms with Crippen LogP contribution in [-0.2, 0) is 4.79 Å². The Labute approximate surface area is 121 Å². The van der Waals surface area contributed by atoms with Gasteiger partial charge in [0.15, 0.2) is 0 Å². The molecule has 2 aliphatic carbocycles. The van der Waals surface area contributed by atoms with E-state index < -0.39 is 5.97 Å². The summed E-state index contributed by atoms with van der Waals surface area (Å²) < 4.78 is 0. The van der Waals surface area contributed by atoms with Crippen molar-refractivity contribution in [3.63, 3.8) is 0 Å². The highest BCUT2D eigenvalue weighted by Gasteiger charge is 2.30. The molecule has 3 nitrogen and oxygen atoms in total. The maximum atomic E-state index is 10.4. The van der Waals surface area contributed by atoms with Crippen LogP contribution < -0.4 is 0 Å². The highest BCUT2D eigenvalue weighted by atomic mass is 16.4. The van der Waals surface area contributed by atoms with Crippen molar-refractivity contribution in [1.29, 1.82) is 5.26 Å². The number of carboxylic acids is 1. The van der Waals surface area contributed by atoms with E-state index in [1.54, 1.807) is 0 Å². The van der Waals surface area contributed by atoms with Crippen molar-refractivity contribution < 1.29 is 9.90 Å². The van der Waals surface area contributed by atoms with Gasteiger partial charge in [-0.05, 0) is 75.5 Å². The Kier molecular flexibility index (Phi) is 5.64. The second-order valence-electron chi connectivity index (χ2n) is 6.50. The van der Waals surface area contributed by atoms with Crippen LogP contribution >= 0.6 is 0 Å². The predicted octanol–water partition coefficient (Wildman–Crippen LogP) is 4.15. The average Bonchev–Trinajstić information content (AvgIpc) is 2.48. The third-order valence-electron chi connectivity index (χ3n) is 5.24. The summed E-state index contributed by atoms with van der Waals surface area (Å²) in [6, 6.07) is 2.41. The van der Waals surface area contributed by atoms with E-state index in [1.165, 1.54) is 44.6 Å². The molecular formula is C17H25NO2. The molecule has 0 heterocycles. The molecule has 0 aromatic carbocycles. The van der Waals surface area contributed by atoms with E-state index in [0.717, 1.165) is 31.1 Å². The van der Waals surface area contributed by atoms with Crippen LogP contribution in [0.5, 0.6) is 0 Å². The van der Waals surface area contributed by atoms with Gasteiger partial charge in [0.1, 0.15) is 0 Å². The molecular weight excluding hydrogens is 250 g/mol. The van der Waals surface area contributed by atoms with Crippen molar-refractivity contribution in [2.24, 2.45) is 23.7 Å². The molecule has 0 saturated heterocycles. The zero-order valence-electron chi connectivity index (χ0n) is 12.1. The molecule has 0 spiro atoms. The number of hydrogen-bond donors (Lipinski definition) is 1. The third-order valence-corrected chi connectivity index (χ3v) is 5.24. The van der Waals surface area contributed by atoms with Crippen molar-refractivity contribution in [2.45, 2.75) is 57.8 Å². The first-order chi connectivity index (χ1) is 9.69. The van der Waals surface area contributed by atoms with Gasteiger partial charge in [0.2, 0.25) is 0 Å². The fraction of sp³-hybridized carbons (Fsp3) is 0.765. The number of nitriles is 1. The Bertz CT molecular complexity index is 380. The minimum Gasteiger partial charge on any atom is -0.478 e. The van der Waals surface area contributed by atoms with Crippen molar-refractivity contribution >= 4 is 5.97 Å². The van der Waals surface area contributed by atoms with Crippen molar-refractivity contribution in [1.82, 2.24) is 0 Å². The molecule has 2 fully saturated rings. The molecule has 20 heavy (non-hydrogen) atoms. The summed E-state index contributed by atoms with van der Waals surface area (Å²) in [5.41, 5.74) is 0. The highest BCUT2D eigenvalue weighted by Crippen LogP contribution is 2.41. The summed E-state index contributed by atoms with van der Waals surface area (Å²) in [7, 11) is 0. The third kappa shape index (κ3) is 4.37. The molecule has 0 radical (unpaired) electrons. The minimum absolute atomic E-state index is 0.309. The van der Waals surface area contributed by atoms with Gasteiger partial charge < -0.3 is 5.11 Å². The molecule has 1 N–H and O–H groups in total. The fourth-order valence-corrected chi connectivity index (χ4v) is 3.98. The lowest BCUT2D eigenvalue weighted by Crippen LogP contribution is -2.25. The lowest BCUT2D eigenvalue weighted by Gasteiger charge is -2.36. The van der Waals surface area contributed by atoms with Gasteiger partial charge in [-0.1, -0.05) is 6.08 Å². The van der Waals surface area contributed by atoms with Gasteiger partial charge in [0.05, 0.1) is 6.07 Å². The molecule has 0 atom stereocenters. The quantitative estimate of drug-likeness (QED) is 0.784. The lowest BCUT2D eigenvalue weighted by atomic mass is 9.69. The van der Waals surface area contributed by atoms with Gasteiger partial charge >= 0.3 is 5.97 Å². The first kappa shape index (κ1) is 15.1. The molecule has 0 aromatic heterocycles. The maximum Gasteiger partial charge on any atom is 0.327 e. The largest absolute Gasteiger partial charge is 0.478 e. The Morgan fingerprint density at radius 3 is 2.10 bits per heavy atom. The van der Waals surface area contributed by atoms with Gasteiger partial charge in [-0.25, -0.2) is 4.79 Å². The summed E-state index contributed by atoms with van der Waals surface area (Å²) in [6.45, 7) is 0. The van der Waals surface area contributed by atoms with E-state index in [0.29, 0.717) is 11.8 Å². The topological polar surface area (TPSA) is 61.1 Å². The summed E-state index contributed by atoms with van der Waals surface area (Å²) in [6.07, 6.45) is 13.8. The van der Waals surface area contributed by atoms with Crippen LogP contribution in [0.2, 0.25) is 0 Å². The van der Waals surface area contributed by atoms with E-state index >= 15 is 0 Å². The molecule has 0 amide bonds. The molecule has 2 rings (SSSR count). The van der Waals surface area contributed by atoms with Crippen molar-refractivity contribution in [3.05, 3.63) is 12.2 Å². The fourth-order valence-electron chi connectivity index (χ4n) is 3.98. The van der Waals surface area contributed by atoms with Crippen LogP contribution in [0.1, 0.15) is 57.8 Å². The molecule has 0 unspecified atom stereocenters. The van der Waals surface area contributed by atoms with Gasteiger partial charge in [0.25, 0.3) is 0 Å². The number of aliphatic carboxylic acids is 1. The molecule has 0 aliphatic heterocycles. The van der Waals surface area contributed by atoms with Crippen molar-refractivity contribution in [3.8, 4) is 6.07 Å². The number of allylic oxidation sites excluding steroid dienone is 1. The van der Waals surface area contributed by atoms with E-state index in [9.17, 15) is 4.79 Å². The number of carboxylic acid groups (broad SMARTS) is 1. The van der Waals surface area contributed by atoms with E-state index in [-0.39, 0.29) is 0 Å². The Hall–Kier alpha value is -1.30. The standard InChI is InChI=1S/C17H25NO2/c18-12-14-6-10-16(11-7-14)15-8-4-13(5-9-15)2-1-3-17(19)20/h1,3,13-16H,2,4-11H2,(H,19,20)/b3-1+/t13-,14-,15-,16-. The Morgan fingerprint density at radius 2 is 1.60 bits per heavy atom. The maximum absolute atomic E-state index is 10.4.